The van der Waals surface area contributed by atoms with E-state index in [-0.39, 0.29) is 36.1 Å². The zero-order valence-electron chi connectivity index (χ0n) is 19.0. The summed E-state index contributed by atoms with van der Waals surface area (Å²) >= 11 is 0. The summed E-state index contributed by atoms with van der Waals surface area (Å²) < 4.78 is 11.8. The fourth-order valence-electron chi connectivity index (χ4n) is 5.04. The van der Waals surface area contributed by atoms with Gasteiger partial charge in [0.25, 0.3) is 11.8 Å². The minimum Gasteiger partial charge on any atom is -0.351 e. The van der Waals surface area contributed by atoms with E-state index in [1.165, 1.54) is 0 Å². The number of ether oxygens (including phenoxy) is 2. The molecule has 3 aliphatic rings. The zero-order chi connectivity index (χ0) is 22.7. The third-order valence-electron chi connectivity index (χ3n) is 7.17. The molecule has 0 bridgehead atoms. The molecule has 0 N–H and O–H groups in total. The van der Waals surface area contributed by atoms with Crippen molar-refractivity contribution in [2.24, 2.45) is 0 Å². The minimum absolute atomic E-state index is 0.00570. The maximum Gasteiger partial charge on any atom is 0.258 e. The van der Waals surface area contributed by atoms with Crippen LogP contribution in [-0.4, -0.2) is 58.0 Å². The topological polar surface area (TPSA) is 65.7 Å². The van der Waals surface area contributed by atoms with Gasteiger partial charge in [0, 0.05) is 25.2 Å². The van der Waals surface area contributed by atoms with E-state index in [1.54, 1.807) is 0 Å². The van der Waals surface area contributed by atoms with Crippen molar-refractivity contribution < 1.29 is 19.1 Å². The zero-order valence-corrected chi connectivity index (χ0v) is 19.0. The predicted molar refractivity (Wildman–Crippen MR) is 120 cm³/mol. The number of piperazine rings is 1. The third kappa shape index (κ3) is 3.33. The van der Waals surface area contributed by atoms with Crippen molar-refractivity contribution in [2.45, 2.75) is 63.2 Å². The van der Waals surface area contributed by atoms with Gasteiger partial charge in [-0.2, -0.15) is 0 Å². The second-order valence-corrected chi connectivity index (χ2v) is 9.64. The molecule has 0 aromatic heterocycles. The van der Waals surface area contributed by atoms with Crippen LogP contribution in [0.3, 0.4) is 0 Å². The van der Waals surface area contributed by atoms with Crippen LogP contribution in [-0.2, 0) is 19.1 Å². The Morgan fingerprint density at radius 2 is 1.06 bits per heavy atom. The van der Waals surface area contributed by atoms with Gasteiger partial charge in [-0.25, -0.2) is 0 Å². The third-order valence-corrected chi connectivity index (χ3v) is 7.17. The highest BCUT2D eigenvalue weighted by Gasteiger charge is 2.63. The molecule has 5 rings (SSSR count). The average Bonchev–Trinajstić information content (AvgIpc) is 3.70. The molecule has 3 aliphatic heterocycles. The summed E-state index contributed by atoms with van der Waals surface area (Å²) in [6.45, 7) is 8.70. The van der Waals surface area contributed by atoms with Crippen LogP contribution in [0.25, 0.3) is 0 Å². The Labute approximate surface area is 189 Å². The predicted octanol–water partition coefficient (Wildman–Crippen LogP) is 3.49. The molecular weight excluding hydrogens is 404 g/mol. The van der Waals surface area contributed by atoms with Crippen molar-refractivity contribution in [3.05, 3.63) is 71.8 Å². The lowest BCUT2D eigenvalue weighted by atomic mass is 9.95. The van der Waals surface area contributed by atoms with Gasteiger partial charge in [0.15, 0.2) is 11.2 Å². The Morgan fingerprint density at radius 3 is 1.41 bits per heavy atom. The lowest BCUT2D eigenvalue weighted by molar-refractivity contribution is -0.151. The Hall–Kier alpha value is -2.70. The number of hydrogen-bond acceptors (Lipinski definition) is 4. The van der Waals surface area contributed by atoms with Crippen LogP contribution >= 0.6 is 0 Å². The molecule has 0 saturated carbocycles. The first-order chi connectivity index (χ1) is 15.3. The molecule has 168 valence electrons. The van der Waals surface area contributed by atoms with Crippen LogP contribution in [0.4, 0.5) is 0 Å². The van der Waals surface area contributed by atoms with Crippen LogP contribution in [0.5, 0.6) is 0 Å². The molecule has 32 heavy (non-hydrogen) atoms. The molecule has 3 saturated heterocycles. The monoisotopic (exact) mass is 434 g/mol. The molecule has 2 aromatic carbocycles. The van der Waals surface area contributed by atoms with Crippen LogP contribution < -0.4 is 0 Å². The van der Waals surface area contributed by atoms with E-state index in [1.807, 2.05) is 98.2 Å². The van der Waals surface area contributed by atoms with E-state index in [0.717, 1.165) is 11.1 Å². The van der Waals surface area contributed by atoms with Gasteiger partial charge in [-0.05, 0) is 38.8 Å². The summed E-state index contributed by atoms with van der Waals surface area (Å²) in [6, 6.07) is 19.5. The normalized spacial score (nSPS) is 36.0. The summed E-state index contributed by atoms with van der Waals surface area (Å²) in [5, 5.41) is 0. The van der Waals surface area contributed by atoms with Gasteiger partial charge in [-0.1, -0.05) is 60.7 Å². The van der Waals surface area contributed by atoms with Crippen molar-refractivity contribution in [1.82, 2.24) is 9.80 Å². The van der Waals surface area contributed by atoms with Crippen molar-refractivity contribution in [1.29, 1.82) is 0 Å². The van der Waals surface area contributed by atoms with Gasteiger partial charge in [-0.3, -0.25) is 9.59 Å². The second kappa shape index (κ2) is 7.42. The second-order valence-electron chi connectivity index (χ2n) is 9.64. The van der Waals surface area contributed by atoms with Crippen molar-refractivity contribution in [3.8, 4) is 0 Å². The van der Waals surface area contributed by atoms with Gasteiger partial charge in [0.1, 0.15) is 12.2 Å². The summed E-state index contributed by atoms with van der Waals surface area (Å²) in [5.74, 6) is -0.0114. The first kappa shape index (κ1) is 21.2. The minimum atomic E-state index is -0.842. The first-order valence-electron chi connectivity index (χ1n) is 11.3. The van der Waals surface area contributed by atoms with Crippen LogP contribution in [0, 0.1) is 0 Å². The molecule has 3 heterocycles. The molecule has 0 spiro atoms. The lowest BCUT2D eigenvalue weighted by Gasteiger charge is -2.45. The van der Waals surface area contributed by atoms with Crippen molar-refractivity contribution >= 4 is 11.8 Å². The molecular formula is C26H30N2O4. The maximum atomic E-state index is 13.4. The van der Waals surface area contributed by atoms with Gasteiger partial charge >= 0.3 is 0 Å². The van der Waals surface area contributed by atoms with Gasteiger partial charge in [0.05, 0.1) is 0 Å². The first-order valence-corrected chi connectivity index (χ1v) is 11.3. The van der Waals surface area contributed by atoms with Gasteiger partial charge in [-0.15, -0.1) is 0 Å². The molecule has 2 amide bonds. The molecule has 0 aliphatic carbocycles. The summed E-state index contributed by atoms with van der Waals surface area (Å²) in [5.41, 5.74) is 0.351. The number of rotatable bonds is 4. The molecule has 6 atom stereocenters. The molecule has 3 fully saturated rings. The fraction of sp³-hybridized carbons (Fsp3) is 0.462. The van der Waals surface area contributed by atoms with Crippen LogP contribution in [0.1, 0.15) is 51.0 Å². The number of epoxide rings is 2. The number of amides is 2. The lowest BCUT2D eigenvalue weighted by Crippen LogP contribution is -2.62. The van der Waals surface area contributed by atoms with Gasteiger partial charge < -0.3 is 19.3 Å². The van der Waals surface area contributed by atoms with Crippen LogP contribution in [0.15, 0.2) is 60.7 Å². The largest absolute Gasteiger partial charge is 0.351 e. The fourth-order valence-corrected chi connectivity index (χ4v) is 5.04. The molecule has 2 aromatic rings. The molecule has 6 nitrogen and oxygen atoms in total. The molecule has 6 heteroatoms. The van der Waals surface area contributed by atoms with E-state index in [0.29, 0.717) is 13.1 Å². The highest BCUT2D eigenvalue weighted by molar-refractivity contribution is 5.91. The smallest absolute Gasteiger partial charge is 0.258 e. The van der Waals surface area contributed by atoms with E-state index < -0.39 is 11.2 Å². The standard InChI is InChI=1S/C26H30N2O4/c1-17-15-28(24(30)26(4)22(32-26)20-13-9-6-10-14-20)18(2)16-27(17)23(29)25(3)21(31-25)19-11-7-5-8-12-19/h5-14,17-18,21-22H,15-16H2,1-4H3/t17-,18-,21-,22-,25+,26+/m1/s1. The number of nitrogens with zero attached hydrogens (tertiary/aromatic N) is 2. The van der Waals surface area contributed by atoms with E-state index in [2.05, 4.69) is 0 Å². The maximum absolute atomic E-state index is 13.4. The van der Waals surface area contributed by atoms with Crippen molar-refractivity contribution in [2.75, 3.05) is 13.1 Å². The summed E-state index contributed by atoms with van der Waals surface area (Å²) in [7, 11) is 0. The number of carbonyl (C=O) groups is 2. The Balaban J connectivity index is 1.26. The number of hydrogen-bond donors (Lipinski definition) is 0. The molecule has 0 radical (unpaired) electrons. The number of benzene rings is 2. The highest BCUT2D eigenvalue weighted by Crippen LogP contribution is 2.52. The van der Waals surface area contributed by atoms with E-state index in [4.69, 9.17) is 9.47 Å². The summed E-state index contributed by atoms with van der Waals surface area (Å²) in [6.07, 6.45) is -0.437. The van der Waals surface area contributed by atoms with Crippen molar-refractivity contribution in [3.63, 3.8) is 0 Å². The Morgan fingerprint density at radius 1 is 0.719 bits per heavy atom. The van der Waals surface area contributed by atoms with Gasteiger partial charge in [0.2, 0.25) is 0 Å². The summed E-state index contributed by atoms with van der Waals surface area (Å²) in [4.78, 5) is 30.6. The average molecular weight is 435 g/mol. The quantitative estimate of drug-likeness (QED) is 0.691. The highest BCUT2D eigenvalue weighted by atomic mass is 16.6. The van der Waals surface area contributed by atoms with E-state index >= 15 is 0 Å². The van der Waals surface area contributed by atoms with E-state index in [9.17, 15) is 9.59 Å². The molecule has 0 unspecified atom stereocenters. The number of carbonyl (C=O) groups excluding carboxylic acids is 2. The Bertz CT molecular complexity index is 945. The Kier molecular flexibility index (Phi) is 4.91. The SMILES string of the molecule is C[C@@H]1CN(C(=O)[C@@]2(C)O[C@@H]2c2ccccc2)[C@H](C)CN1C(=O)[C@@]1(C)O[C@@H]1c1ccccc1. The van der Waals surface area contributed by atoms with Crippen LogP contribution in [0.2, 0.25) is 0 Å².